The Hall–Kier alpha value is -1.97. The summed E-state index contributed by atoms with van der Waals surface area (Å²) in [6, 6.07) is 8.59. The lowest BCUT2D eigenvalue weighted by Crippen LogP contribution is -2.39. The van der Waals surface area contributed by atoms with Crippen LogP contribution < -0.4 is 19.1 Å². The number of rotatable bonds is 7. The molecule has 11 heteroatoms. The van der Waals surface area contributed by atoms with E-state index in [0.29, 0.717) is 45.5 Å². The third kappa shape index (κ3) is 5.45. The van der Waals surface area contributed by atoms with Crippen LogP contribution in [0.2, 0.25) is 10.0 Å². The largest absolute Gasteiger partial charge is 0.482 e. The third-order valence-electron chi connectivity index (χ3n) is 4.42. The number of nitrogens with zero attached hydrogens (tertiary/aromatic N) is 3. The molecular weight excluding hydrogens is 485 g/mol. The second kappa shape index (κ2) is 10.1. The molecule has 166 valence electrons. The molecular formula is C20H20Cl3N3O4S. The summed E-state index contributed by atoms with van der Waals surface area (Å²) in [6.45, 7) is 1.17. The van der Waals surface area contributed by atoms with Crippen molar-refractivity contribution in [1.82, 2.24) is 9.88 Å². The monoisotopic (exact) mass is 503 g/mol. The van der Waals surface area contributed by atoms with Crippen molar-refractivity contribution in [2.24, 2.45) is 0 Å². The van der Waals surface area contributed by atoms with Crippen LogP contribution in [0.3, 0.4) is 0 Å². The van der Waals surface area contributed by atoms with Crippen LogP contribution in [0.1, 0.15) is 0 Å². The van der Waals surface area contributed by atoms with Crippen LogP contribution in [0.25, 0.3) is 10.2 Å². The maximum atomic E-state index is 13.0. The lowest BCUT2D eigenvalue weighted by Gasteiger charge is -2.22. The average Bonchev–Trinajstić information content (AvgIpc) is 3.30. The summed E-state index contributed by atoms with van der Waals surface area (Å²) in [5.74, 6) is 1.52. The van der Waals surface area contributed by atoms with Crippen molar-refractivity contribution in [3.05, 3.63) is 40.4 Å². The molecule has 0 aliphatic carbocycles. The number of fused-ring (bicyclic) bond motifs is 2. The number of halogens is 3. The van der Waals surface area contributed by atoms with Gasteiger partial charge < -0.3 is 19.1 Å². The molecule has 0 fully saturated rings. The summed E-state index contributed by atoms with van der Waals surface area (Å²) >= 11 is 13.5. The minimum Gasteiger partial charge on any atom is -0.482 e. The van der Waals surface area contributed by atoms with Crippen LogP contribution in [-0.2, 0) is 4.79 Å². The number of benzene rings is 2. The molecule has 4 rings (SSSR count). The van der Waals surface area contributed by atoms with E-state index in [1.807, 2.05) is 31.1 Å². The molecule has 0 radical (unpaired) electrons. The Labute approximate surface area is 199 Å². The number of likely N-dealkylation sites (N-methyl/N-ethyl adjacent to an activating group) is 1. The first-order valence-corrected chi connectivity index (χ1v) is 10.7. The van der Waals surface area contributed by atoms with Gasteiger partial charge >= 0.3 is 0 Å². The van der Waals surface area contributed by atoms with Gasteiger partial charge in [0.2, 0.25) is 6.79 Å². The van der Waals surface area contributed by atoms with Gasteiger partial charge in [-0.25, -0.2) is 4.98 Å². The minimum atomic E-state index is -0.220. The van der Waals surface area contributed by atoms with Crippen molar-refractivity contribution >= 4 is 68.2 Å². The van der Waals surface area contributed by atoms with Crippen molar-refractivity contribution in [2.45, 2.75) is 0 Å². The van der Waals surface area contributed by atoms with Crippen LogP contribution in [0.4, 0.5) is 5.13 Å². The number of carbonyl (C=O) groups is 1. The van der Waals surface area contributed by atoms with Crippen molar-refractivity contribution in [3.63, 3.8) is 0 Å². The molecule has 31 heavy (non-hydrogen) atoms. The number of ether oxygens (including phenoxy) is 3. The van der Waals surface area contributed by atoms with Crippen molar-refractivity contribution in [3.8, 4) is 17.2 Å². The number of hydrogen-bond acceptors (Lipinski definition) is 7. The Bertz CT molecular complexity index is 1050. The highest BCUT2D eigenvalue weighted by Crippen LogP contribution is 2.39. The summed E-state index contributed by atoms with van der Waals surface area (Å²) in [5, 5.41) is 1.44. The molecule has 1 aromatic heterocycles. The van der Waals surface area contributed by atoms with Gasteiger partial charge in [-0.05, 0) is 32.3 Å². The molecule has 0 saturated heterocycles. The topological polar surface area (TPSA) is 64.1 Å². The van der Waals surface area contributed by atoms with Crippen LogP contribution >= 0.6 is 46.9 Å². The Morgan fingerprint density at radius 1 is 1.16 bits per heavy atom. The van der Waals surface area contributed by atoms with Gasteiger partial charge in [0.25, 0.3) is 5.91 Å². The summed E-state index contributed by atoms with van der Waals surface area (Å²) in [5.41, 5.74) is 0.753. The van der Waals surface area contributed by atoms with E-state index in [9.17, 15) is 4.79 Å². The first-order chi connectivity index (χ1) is 14.4. The molecule has 7 nitrogen and oxygen atoms in total. The lowest BCUT2D eigenvalue weighted by atomic mass is 10.3. The number of hydrogen-bond donors (Lipinski definition) is 0. The van der Waals surface area contributed by atoms with E-state index in [2.05, 4.69) is 4.98 Å². The second-order valence-corrected chi connectivity index (χ2v) is 8.73. The highest BCUT2D eigenvalue weighted by Gasteiger charge is 2.23. The predicted octanol–water partition coefficient (Wildman–Crippen LogP) is 4.73. The molecule has 0 spiro atoms. The van der Waals surface area contributed by atoms with Gasteiger partial charge in [0.05, 0.1) is 15.2 Å². The Morgan fingerprint density at radius 3 is 2.61 bits per heavy atom. The van der Waals surface area contributed by atoms with Crippen LogP contribution in [0.15, 0.2) is 30.3 Å². The minimum absolute atomic E-state index is 0. The van der Waals surface area contributed by atoms with E-state index in [-0.39, 0.29) is 31.7 Å². The first-order valence-electron chi connectivity index (χ1n) is 9.14. The maximum Gasteiger partial charge on any atom is 0.266 e. The molecule has 0 unspecified atom stereocenters. The van der Waals surface area contributed by atoms with Gasteiger partial charge in [-0.2, -0.15) is 0 Å². The Balaban J connectivity index is 0.00000272. The van der Waals surface area contributed by atoms with E-state index < -0.39 is 0 Å². The SMILES string of the molecule is CN(C)CCN(C(=O)COc1ccc(Cl)cc1Cl)c1nc2cc3c(cc2s1)OCO3.Cl. The van der Waals surface area contributed by atoms with Crippen LogP contribution in [0, 0.1) is 0 Å². The summed E-state index contributed by atoms with van der Waals surface area (Å²) in [6.07, 6.45) is 0. The fourth-order valence-corrected chi connectivity index (χ4v) is 4.34. The standard InChI is InChI=1S/C20H19Cl2N3O4S.ClH/c1-24(2)5-6-25(19(26)10-27-15-4-3-12(21)7-13(15)22)20-23-14-8-16-17(29-11-28-16)9-18(14)30-20;/h3-4,7-9H,5-6,10-11H2,1-2H3;1H. The molecule has 0 atom stereocenters. The van der Waals surface area contributed by atoms with E-state index in [1.54, 1.807) is 23.1 Å². The normalized spacial score (nSPS) is 12.2. The third-order valence-corrected chi connectivity index (χ3v) is 5.99. The molecule has 1 amide bonds. The first kappa shape index (κ1) is 23.7. The average molecular weight is 505 g/mol. The molecule has 0 bridgehead atoms. The highest BCUT2D eigenvalue weighted by atomic mass is 35.5. The number of aromatic nitrogens is 1. The lowest BCUT2D eigenvalue weighted by molar-refractivity contribution is -0.120. The van der Waals surface area contributed by atoms with Gasteiger partial charge in [-0.3, -0.25) is 9.69 Å². The molecule has 2 aromatic carbocycles. The van der Waals surface area contributed by atoms with Gasteiger partial charge in [-0.15, -0.1) is 12.4 Å². The quantitative estimate of drug-likeness (QED) is 0.464. The van der Waals surface area contributed by atoms with Gasteiger partial charge in [0, 0.05) is 30.2 Å². The molecule has 1 aliphatic rings. The zero-order valence-electron chi connectivity index (χ0n) is 16.8. The summed E-state index contributed by atoms with van der Waals surface area (Å²) < 4.78 is 17.4. The Morgan fingerprint density at radius 2 is 1.90 bits per heavy atom. The van der Waals surface area contributed by atoms with Crippen molar-refractivity contribution in [2.75, 3.05) is 45.5 Å². The van der Waals surface area contributed by atoms with E-state index in [1.165, 1.54) is 11.3 Å². The van der Waals surface area contributed by atoms with Crippen molar-refractivity contribution < 1.29 is 19.0 Å². The highest BCUT2D eigenvalue weighted by molar-refractivity contribution is 7.22. The zero-order chi connectivity index (χ0) is 21.3. The number of carbonyl (C=O) groups excluding carboxylic acids is 1. The molecule has 0 N–H and O–H groups in total. The fourth-order valence-electron chi connectivity index (χ4n) is 2.86. The van der Waals surface area contributed by atoms with Gasteiger partial charge in [0.1, 0.15) is 5.75 Å². The smallest absolute Gasteiger partial charge is 0.266 e. The number of amides is 1. The van der Waals surface area contributed by atoms with Crippen LogP contribution in [-0.4, -0.2) is 56.4 Å². The maximum absolute atomic E-state index is 13.0. The second-order valence-electron chi connectivity index (χ2n) is 6.88. The van der Waals surface area contributed by atoms with Gasteiger partial charge in [-0.1, -0.05) is 34.5 Å². The zero-order valence-corrected chi connectivity index (χ0v) is 19.9. The summed E-state index contributed by atoms with van der Waals surface area (Å²) in [4.78, 5) is 21.3. The van der Waals surface area contributed by atoms with Crippen molar-refractivity contribution in [1.29, 1.82) is 0 Å². The molecule has 2 heterocycles. The number of anilines is 1. The predicted molar refractivity (Wildman–Crippen MR) is 126 cm³/mol. The van der Waals surface area contributed by atoms with Crippen LogP contribution in [0.5, 0.6) is 17.2 Å². The van der Waals surface area contributed by atoms with E-state index in [0.717, 1.165) is 10.2 Å². The molecule has 3 aromatic rings. The van der Waals surface area contributed by atoms with Gasteiger partial charge in [0.15, 0.2) is 23.2 Å². The molecule has 1 aliphatic heterocycles. The van der Waals surface area contributed by atoms with E-state index >= 15 is 0 Å². The number of thiazole rings is 1. The summed E-state index contributed by atoms with van der Waals surface area (Å²) in [7, 11) is 3.90. The Kier molecular flexibility index (Phi) is 7.72. The fraction of sp³-hybridized carbons (Fsp3) is 0.300. The molecule has 0 saturated carbocycles. The van der Waals surface area contributed by atoms with E-state index in [4.69, 9.17) is 37.4 Å².